The minimum Gasteiger partial charge on any atom is -0.384 e. The smallest absolute Gasteiger partial charge is 0.269 e. The fraction of sp³-hybridized carbons (Fsp3) is 0.250. The molecule has 10 nitrogen and oxygen atoms in total. The molecule has 0 aromatic heterocycles. The molecule has 2 aromatic carbocycles. The Kier molecular flexibility index (Phi) is 5.41. The largest absolute Gasteiger partial charge is 0.384 e. The van der Waals surface area contributed by atoms with Gasteiger partial charge in [0.15, 0.2) is 5.78 Å². The van der Waals surface area contributed by atoms with Gasteiger partial charge in [-0.1, -0.05) is 26.0 Å². The summed E-state index contributed by atoms with van der Waals surface area (Å²) in [5.74, 6) is -0.788. The van der Waals surface area contributed by atoms with Crippen LogP contribution >= 0.6 is 0 Å². The molecule has 0 saturated carbocycles. The Bertz CT molecular complexity index is 1320. The van der Waals surface area contributed by atoms with Gasteiger partial charge in [0.25, 0.3) is 11.4 Å². The molecule has 0 spiro atoms. The van der Waals surface area contributed by atoms with Crippen molar-refractivity contribution >= 4 is 22.8 Å². The zero-order valence-corrected chi connectivity index (χ0v) is 18.5. The van der Waals surface area contributed by atoms with Gasteiger partial charge in [0.2, 0.25) is 0 Å². The monoisotopic (exact) mass is 459 g/mol. The first-order valence-electron chi connectivity index (χ1n) is 10.5. The van der Waals surface area contributed by atoms with Gasteiger partial charge >= 0.3 is 0 Å². The average Bonchev–Trinajstić information content (AvgIpc) is 2.77. The van der Waals surface area contributed by atoms with E-state index in [4.69, 9.17) is 5.73 Å². The first kappa shape index (κ1) is 22.7. The van der Waals surface area contributed by atoms with Crippen molar-refractivity contribution in [3.05, 3.63) is 97.0 Å². The molecule has 4 rings (SSSR count). The molecule has 34 heavy (non-hydrogen) atoms. The number of carbonyl (C=O) groups is 1. The molecular formula is C24H21N5O5. The number of carbonyl (C=O) groups excluding carboxylic acids is 1. The molecule has 0 saturated heterocycles. The van der Waals surface area contributed by atoms with Crippen LogP contribution in [0.1, 0.15) is 38.2 Å². The molecule has 2 N–H and O–H groups in total. The molecule has 172 valence electrons. The average molecular weight is 459 g/mol. The summed E-state index contributed by atoms with van der Waals surface area (Å²) in [6.07, 6.45) is 0.746. The van der Waals surface area contributed by atoms with Gasteiger partial charge in [-0.25, -0.2) is 0 Å². The maximum Gasteiger partial charge on any atom is 0.269 e. The first-order valence-corrected chi connectivity index (χ1v) is 10.5. The fourth-order valence-electron chi connectivity index (χ4n) is 4.65. The van der Waals surface area contributed by atoms with Gasteiger partial charge in [-0.2, -0.15) is 5.26 Å². The second-order valence-electron chi connectivity index (χ2n) is 9.10. The highest BCUT2D eigenvalue weighted by atomic mass is 16.6. The molecule has 0 amide bonds. The summed E-state index contributed by atoms with van der Waals surface area (Å²) in [6.45, 7) is 3.92. The van der Waals surface area contributed by atoms with Crippen LogP contribution < -0.4 is 10.6 Å². The van der Waals surface area contributed by atoms with Crippen LogP contribution in [0.5, 0.6) is 0 Å². The Balaban J connectivity index is 1.94. The van der Waals surface area contributed by atoms with E-state index in [-0.39, 0.29) is 40.4 Å². The summed E-state index contributed by atoms with van der Waals surface area (Å²) in [7, 11) is 0. The van der Waals surface area contributed by atoms with Gasteiger partial charge in [-0.3, -0.25) is 29.9 Å². The van der Waals surface area contributed by atoms with Gasteiger partial charge in [-0.05, 0) is 29.5 Å². The summed E-state index contributed by atoms with van der Waals surface area (Å²) in [5.41, 5.74) is 8.15. The van der Waals surface area contributed by atoms with Crippen molar-refractivity contribution in [1.29, 1.82) is 5.26 Å². The number of nitro benzene ring substituents is 2. The third-order valence-electron chi connectivity index (χ3n) is 6.14. The SMILES string of the molecule is CC1(C)CC(=O)C2=C(C1)N(c1ccc([N+](=O)[O-])cc1)C(N)=C(C#N)C2c1ccc([N+](=O)[O-])cc1. The van der Waals surface area contributed by atoms with Crippen molar-refractivity contribution in [2.24, 2.45) is 11.1 Å². The second kappa shape index (κ2) is 8.12. The summed E-state index contributed by atoms with van der Waals surface area (Å²) in [5, 5.41) is 32.2. The number of hydrogen-bond donors (Lipinski definition) is 1. The molecule has 10 heteroatoms. The van der Waals surface area contributed by atoms with E-state index in [1.807, 2.05) is 13.8 Å². The number of nitrogens with two attached hydrogens (primary N) is 1. The fourth-order valence-corrected chi connectivity index (χ4v) is 4.65. The topological polar surface area (TPSA) is 156 Å². The second-order valence-corrected chi connectivity index (χ2v) is 9.10. The van der Waals surface area contributed by atoms with Crippen LogP contribution in [0.25, 0.3) is 0 Å². The minimum absolute atomic E-state index is 0.0955. The van der Waals surface area contributed by atoms with E-state index < -0.39 is 15.8 Å². The summed E-state index contributed by atoms with van der Waals surface area (Å²) < 4.78 is 0. The summed E-state index contributed by atoms with van der Waals surface area (Å²) in [6, 6.07) is 13.6. The Labute approximate surface area is 194 Å². The number of Topliss-reactive ketones (excluding diaryl/α,β-unsaturated/α-hetero) is 1. The number of nitro groups is 2. The van der Waals surface area contributed by atoms with E-state index in [9.17, 15) is 30.3 Å². The van der Waals surface area contributed by atoms with Gasteiger partial charge < -0.3 is 5.73 Å². The molecule has 1 aliphatic heterocycles. The minimum atomic E-state index is -0.765. The van der Waals surface area contributed by atoms with Crippen LogP contribution in [-0.4, -0.2) is 15.6 Å². The molecule has 1 unspecified atom stereocenters. The van der Waals surface area contributed by atoms with Crippen molar-refractivity contribution < 1.29 is 14.6 Å². The maximum atomic E-state index is 13.4. The maximum absolute atomic E-state index is 13.4. The van der Waals surface area contributed by atoms with E-state index in [1.54, 1.807) is 4.90 Å². The van der Waals surface area contributed by atoms with Crippen molar-refractivity contribution in [2.75, 3.05) is 4.90 Å². The predicted molar refractivity (Wildman–Crippen MR) is 123 cm³/mol. The van der Waals surface area contributed by atoms with Gasteiger partial charge in [0.1, 0.15) is 5.82 Å². The molecular weight excluding hydrogens is 438 g/mol. The highest BCUT2D eigenvalue weighted by Crippen LogP contribution is 2.50. The number of allylic oxidation sites excluding steroid dienone is 3. The van der Waals surface area contributed by atoms with Crippen molar-refractivity contribution in [3.8, 4) is 6.07 Å². The lowest BCUT2D eigenvalue weighted by Gasteiger charge is -2.43. The number of ketones is 1. The number of non-ortho nitro benzene ring substituents is 2. The van der Waals surface area contributed by atoms with Crippen molar-refractivity contribution in [2.45, 2.75) is 32.6 Å². The Hall–Kier alpha value is -4.52. The van der Waals surface area contributed by atoms with Crippen LogP contribution in [0.4, 0.5) is 17.1 Å². The highest BCUT2D eigenvalue weighted by molar-refractivity contribution is 6.01. The highest BCUT2D eigenvalue weighted by Gasteiger charge is 2.44. The van der Waals surface area contributed by atoms with Crippen LogP contribution in [0.2, 0.25) is 0 Å². The predicted octanol–water partition coefficient (Wildman–Crippen LogP) is 4.44. The van der Waals surface area contributed by atoms with Crippen LogP contribution in [-0.2, 0) is 4.79 Å². The van der Waals surface area contributed by atoms with Gasteiger partial charge in [0.05, 0.1) is 27.4 Å². The molecule has 0 fully saturated rings. The number of rotatable bonds is 4. The Morgan fingerprint density at radius 2 is 1.53 bits per heavy atom. The quantitative estimate of drug-likeness (QED) is 0.519. The molecule has 1 atom stereocenters. The molecule has 2 aromatic rings. The van der Waals surface area contributed by atoms with Crippen LogP contribution in [0.3, 0.4) is 0 Å². The van der Waals surface area contributed by atoms with Gasteiger partial charge in [-0.15, -0.1) is 0 Å². The Morgan fingerprint density at radius 3 is 2.03 bits per heavy atom. The van der Waals surface area contributed by atoms with E-state index in [0.717, 1.165) is 0 Å². The number of nitrogens with zero attached hydrogens (tertiary/aromatic N) is 4. The zero-order valence-electron chi connectivity index (χ0n) is 18.5. The summed E-state index contributed by atoms with van der Waals surface area (Å²) >= 11 is 0. The third-order valence-corrected chi connectivity index (χ3v) is 6.14. The normalized spacial score (nSPS) is 19.5. The molecule has 0 radical (unpaired) electrons. The van der Waals surface area contributed by atoms with Crippen molar-refractivity contribution in [1.82, 2.24) is 0 Å². The molecule has 1 heterocycles. The van der Waals surface area contributed by atoms with Gasteiger partial charge in [0, 0.05) is 47.6 Å². The first-order chi connectivity index (χ1) is 16.0. The number of anilines is 1. The molecule has 2 aliphatic rings. The van der Waals surface area contributed by atoms with Crippen molar-refractivity contribution in [3.63, 3.8) is 0 Å². The third kappa shape index (κ3) is 3.77. The number of hydrogen-bond acceptors (Lipinski definition) is 8. The van der Waals surface area contributed by atoms with E-state index in [1.165, 1.54) is 48.5 Å². The van der Waals surface area contributed by atoms with E-state index in [2.05, 4.69) is 6.07 Å². The molecule has 1 aliphatic carbocycles. The van der Waals surface area contributed by atoms with Crippen LogP contribution in [0.15, 0.2) is 71.2 Å². The lowest BCUT2D eigenvalue weighted by atomic mass is 9.68. The standard InChI is InChI=1S/C24H21N5O5/c1-24(2)11-19-22(20(30)12-24)21(14-3-5-16(6-4-14)28(31)32)18(13-25)23(26)27(19)15-7-9-17(10-8-15)29(33)34/h3-10,21H,11-12,26H2,1-2H3. The lowest BCUT2D eigenvalue weighted by Crippen LogP contribution is -2.42. The van der Waals surface area contributed by atoms with Crippen LogP contribution in [0, 0.1) is 37.0 Å². The van der Waals surface area contributed by atoms with E-state index in [0.29, 0.717) is 28.9 Å². The molecule has 0 bridgehead atoms. The van der Waals surface area contributed by atoms with E-state index >= 15 is 0 Å². The number of nitriles is 1. The zero-order chi connectivity index (χ0) is 24.8. The summed E-state index contributed by atoms with van der Waals surface area (Å²) in [4.78, 5) is 36.2. The number of benzene rings is 2. The Morgan fingerprint density at radius 1 is 1.00 bits per heavy atom. The lowest BCUT2D eigenvalue weighted by molar-refractivity contribution is -0.385.